The van der Waals surface area contributed by atoms with Gasteiger partial charge in [-0.15, -0.1) is 0 Å². The van der Waals surface area contributed by atoms with E-state index < -0.39 is 5.32 Å². The Morgan fingerprint density at radius 3 is 1.64 bits per heavy atom. The molecule has 0 bridgehead atoms. The molecule has 4 heteroatoms. The van der Waals surface area contributed by atoms with Crippen molar-refractivity contribution >= 4 is 39.0 Å². The highest BCUT2D eigenvalue weighted by Crippen LogP contribution is 2.70. The minimum Gasteiger partial charge on any atom is -0.0590 e. The maximum absolute atomic E-state index is 5.17. The molecule has 1 rings (SSSR count). The van der Waals surface area contributed by atoms with Crippen molar-refractivity contribution in [1.82, 2.24) is 0 Å². The summed E-state index contributed by atoms with van der Waals surface area (Å²) in [4.78, 5) is 0. The van der Waals surface area contributed by atoms with Crippen LogP contribution in [0.3, 0.4) is 0 Å². The van der Waals surface area contributed by atoms with Gasteiger partial charge in [-0.2, -0.15) is 0 Å². The SMILES string of the molecule is C[P+](Cl)(Cl)Cl.Cc1ccc(C)c(C)c1. The standard InChI is InChI=1S/C9H12.CH3Cl3P/c1-7-4-5-8(2)9(3)6-7;1-5(2,3)4/h4-6H,1-3H3;1H3/q;+1. The highest BCUT2D eigenvalue weighted by molar-refractivity contribution is 8.32. The zero-order chi connectivity index (χ0) is 11.4. The van der Waals surface area contributed by atoms with Crippen molar-refractivity contribution in [2.24, 2.45) is 0 Å². The number of rotatable bonds is 0. The average Bonchev–Trinajstić information content (AvgIpc) is 1.94. The van der Waals surface area contributed by atoms with Gasteiger partial charge >= 0.3 is 5.32 Å². The highest BCUT2D eigenvalue weighted by Gasteiger charge is 2.22. The van der Waals surface area contributed by atoms with E-state index in [0.717, 1.165) is 0 Å². The van der Waals surface area contributed by atoms with Crippen molar-refractivity contribution in [3.63, 3.8) is 0 Å². The number of halogens is 3. The number of benzene rings is 1. The zero-order valence-corrected chi connectivity index (χ0v) is 12.0. The van der Waals surface area contributed by atoms with Gasteiger partial charge in [-0.3, -0.25) is 0 Å². The Bertz CT molecular complexity index is 286. The van der Waals surface area contributed by atoms with E-state index >= 15 is 0 Å². The van der Waals surface area contributed by atoms with E-state index in [1.165, 1.54) is 16.7 Å². The van der Waals surface area contributed by atoms with Gasteiger partial charge in [0.05, 0.1) is 6.66 Å². The summed E-state index contributed by atoms with van der Waals surface area (Å²) in [6.07, 6.45) is 0. The van der Waals surface area contributed by atoms with E-state index in [9.17, 15) is 0 Å². The Balaban J connectivity index is 0.000000292. The topological polar surface area (TPSA) is 0 Å². The first-order valence-electron chi connectivity index (χ1n) is 4.19. The van der Waals surface area contributed by atoms with Gasteiger partial charge in [-0.1, -0.05) is 23.8 Å². The lowest BCUT2D eigenvalue weighted by Crippen LogP contribution is -1.79. The molecule has 14 heavy (non-hydrogen) atoms. The molecule has 0 aromatic heterocycles. The van der Waals surface area contributed by atoms with Crippen molar-refractivity contribution in [1.29, 1.82) is 0 Å². The summed E-state index contributed by atoms with van der Waals surface area (Å²) in [5.74, 6) is 0. The number of hydrogen-bond donors (Lipinski definition) is 0. The van der Waals surface area contributed by atoms with Gasteiger partial charge in [0.2, 0.25) is 0 Å². The molecule has 0 heterocycles. The second-order valence-electron chi connectivity index (χ2n) is 3.29. The molecule has 0 N–H and O–H groups in total. The lowest BCUT2D eigenvalue weighted by Gasteiger charge is -1.98. The Labute approximate surface area is 101 Å². The molecular weight excluding hydrogens is 257 g/mol. The monoisotopic (exact) mass is 271 g/mol. The van der Waals surface area contributed by atoms with Crippen LogP contribution in [0.4, 0.5) is 0 Å². The lowest BCUT2D eigenvalue weighted by atomic mass is 10.1. The van der Waals surface area contributed by atoms with Crippen LogP contribution in [0.2, 0.25) is 0 Å². The number of aryl methyl sites for hydroxylation is 3. The molecule has 0 nitrogen and oxygen atoms in total. The second kappa shape index (κ2) is 6.18. The fourth-order valence-electron chi connectivity index (χ4n) is 0.891. The van der Waals surface area contributed by atoms with Gasteiger partial charge in [-0.05, 0) is 31.9 Å². The Kier molecular flexibility index (Phi) is 6.41. The summed E-state index contributed by atoms with van der Waals surface area (Å²) >= 11 is 15.5. The molecule has 0 fully saturated rings. The molecule has 0 spiro atoms. The van der Waals surface area contributed by atoms with Crippen molar-refractivity contribution < 1.29 is 0 Å². The summed E-state index contributed by atoms with van der Waals surface area (Å²) in [6, 6.07) is 6.50. The van der Waals surface area contributed by atoms with E-state index in [1.807, 2.05) is 0 Å². The summed E-state index contributed by atoms with van der Waals surface area (Å²) < 4.78 is 0. The van der Waals surface area contributed by atoms with Gasteiger partial charge in [0.15, 0.2) is 0 Å². The first kappa shape index (κ1) is 14.5. The van der Waals surface area contributed by atoms with Gasteiger partial charge in [-0.25, -0.2) is 0 Å². The van der Waals surface area contributed by atoms with Crippen LogP contribution in [0.25, 0.3) is 0 Å². The Morgan fingerprint density at radius 1 is 0.929 bits per heavy atom. The largest absolute Gasteiger partial charge is 0.305 e. The van der Waals surface area contributed by atoms with Gasteiger partial charge in [0, 0.05) is 0 Å². The van der Waals surface area contributed by atoms with Crippen molar-refractivity contribution in [2.45, 2.75) is 20.8 Å². The Morgan fingerprint density at radius 2 is 1.36 bits per heavy atom. The smallest absolute Gasteiger partial charge is 0.0590 e. The first-order valence-corrected chi connectivity index (χ1v) is 9.14. The van der Waals surface area contributed by atoms with E-state index in [-0.39, 0.29) is 0 Å². The zero-order valence-electron chi connectivity index (χ0n) is 8.81. The van der Waals surface area contributed by atoms with Crippen LogP contribution in [-0.4, -0.2) is 6.66 Å². The fourth-order valence-corrected chi connectivity index (χ4v) is 0.891. The fraction of sp³-hybridized carbons (Fsp3) is 0.400. The summed E-state index contributed by atoms with van der Waals surface area (Å²) in [6.45, 7) is 7.99. The Hall–Kier alpha value is 0.520. The molecule has 80 valence electrons. The van der Waals surface area contributed by atoms with Crippen LogP contribution in [-0.2, 0) is 0 Å². The molecular formula is C10H15Cl3P+. The van der Waals surface area contributed by atoms with Crippen LogP contribution >= 0.6 is 39.0 Å². The minimum atomic E-state index is -1.97. The van der Waals surface area contributed by atoms with E-state index in [2.05, 4.69) is 39.0 Å². The normalized spacial score (nSPS) is 10.5. The van der Waals surface area contributed by atoms with Crippen molar-refractivity contribution in [3.8, 4) is 0 Å². The predicted molar refractivity (Wildman–Crippen MR) is 71.1 cm³/mol. The molecule has 0 unspecified atom stereocenters. The molecule has 0 saturated heterocycles. The maximum Gasteiger partial charge on any atom is 0.305 e. The molecule has 0 atom stereocenters. The number of hydrogen-bond acceptors (Lipinski definition) is 0. The first-order chi connectivity index (χ1) is 6.20. The highest BCUT2D eigenvalue weighted by atomic mass is 36.1. The minimum absolute atomic E-state index is 1.35. The van der Waals surface area contributed by atoms with E-state index in [1.54, 1.807) is 6.66 Å². The summed E-state index contributed by atoms with van der Waals surface area (Å²) in [5, 5.41) is -1.97. The van der Waals surface area contributed by atoms with Gasteiger partial charge < -0.3 is 0 Å². The van der Waals surface area contributed by atoms with Crippen LogP contribution in [0.15, 0.2) is 18.2 Å². The molecule has 0 radical (unpaired) electrons. The van der Waals surface area contributed by atoms with E-state index in [4.69, 9.17) is 33.7 Å². The quantitative estimate of drug-likeness (QED) is 0.531. The molecule has 0 aliphatic heterocycles. The molecule has 0 saturated carbocycles. The lowest BCUT2D eigenvalue weighted by molar-refractivity contribution is 1.30. The van der Waals surface area contributed by atoms with Gasteiger partial charge in [0.25, 0.3) is 0 Å². The predicted octanol–water partition coefficient (Wildman–Crippen LogP) is 5.71. The molecule has 1 aromatic carbocycles. The summed E-state index contributed by atoms with van der Waals surface area (Å²) in [5.41, 5.74) is 4.11. The molecule has 0 aliphatic carbocycles. The van der Waals surface area contributed by atoms with Crippen LogP contribution < -0.4 is 0 Å². The van der Waals surface area contributed by atoms with Crippen LogP contribution in [0.5, 0.6) is 0 Å². The van der Waals surface area contributed by atoms with Crippen molar-refractivity contribution in [2.75, 3.05) is 6.66 Å². The average molecular weight is 273 g/mol. The van der Waals surface area contributed by atoms with Crippen LogP contribution in [0.1, 0.15) is 16.7 Å². The summed E-state index contributed by atoms with van der Waals surface area (Å²) in [7, 11) is 0. The third-order valence-corrected chi connectivity index (χ3v) is 1.66. The maximum atomic E-state index is 5.17. The molecule has 0 amide bonds. The molecule has 0 aliphatic rings. The van der Waals surface area contributed by atoms with Gasteiger partial charge in [0.1, 0.15) is 33.7 Å². The molecule has 1 aromatic rings. The van der Waals surface area contributed by atoms with Crippen molar-refractivity contribution in [3.05, 3.63) is 34.9 Å². The second-order valence-corrected chi connectivity index (χ2v) is 12.3. The third-order valence-electron chi connectivity index (χ3n) is 1.66. The third kappa shape index (κ3) is 9.09. The van der Waals surface area contributed by atoms with Crippen LogP contribution in [0, 0.1) is 20.8 Å². The van der Waals surface area contributed by atoms with E-state index in [0.29, 0.717) is 0 Å².